The van der Waals surface area contributed by atoms with Gasteiger partial charge in [0.05, 0.1) is 35.9 Å². The Balaban J connectivity index is 1.48. The molecule has 0 aliphatic carbocycles. The van der Waals surface area contributed by atoms with Gasteiger partial charge in [-0.2, -0.15) is 13.2 Å². The van der Waals surface area contributed by atoms with Crippen molar-refractivity contribution in [2.45, 2.75) is 32.3 Å². The first-order valence-electron chi connectivity index (χ1n) is 9.57. The van der Waals surface area contributed by atoms with Gasteiger partial charge in [0.2, 0.25) is 5.91 Å². The highest BCUT2D eigenvalue weighted by atomic mass is 19.4. The maximum absolute atomic E-state index is 13.2. The first-order chi connectivity index (χ1) is 14.7. The van der Waals surface area contributed by atoms with E-state index in [9.17, 15) is 18.0 Å². The van der Waals surface area contributed by atoms with Crippen molar-refractivity contribution < 1.29 is 22.7 Å². The van der Waals surface area contributed by atoms with Gasteiger partial charge in [-0.15, -0.1) is 0 Å². The normalized spacial score (nSPS) is 18.6. The first kappa shape index (κ1) is 20.9. The average Bonchev–Trinajstić information content (AvgIpc) is 3.11. The molecule has 8 nitrogen and oxygen atoms in total. The van der Waals surface area contributed by atoms with Gasteiger partial charge in [0.15, 0.2) is 5.82 Å². The van der Waals surface area contributed by atoms with Crippen molar-refractivity contribution in [3.8, 4) is 0 Å². The van der Waals surface area contributed by atoms with Gasteiger partial charge < -0.3 is 24.8 Å². The number of fused-ring (bicyclic) bond motifs is 1. The Labute approximate surface area is 176 Å². The highest BCUT2D eigenvalue weighted by molar-refractivity contribution is 5.90. The number of aromatic nitrogens is 3. The molecule has 2 aromatic rings. The Morgan fingerprint density at radius 3 is 2.97 bits per heavy atom. The number of carbonyl (C=O) groups excluding carboxylic acids is 1. The molecule has 1 amide bonds. The summed E-state index contributed by atoms with van der Waals surface area (Å²) in [5, 5.41) is 5.39. The first-order valence-corrected chi connectivity index (χ1v) is 9.57. The van der Waals surface area contributed by atoms with Crippen LogP contribution in [0.5, 0.6) is 0 Å². The van der Waals surface area contributed by atoms with Crippen LogP contribution in [0.3, 0.4) is 0 Å². The molecule has 1 atom stereocenters. The summed E-state index contributed by atoms with van der Waals surface area (Å²) in [5.41, 5.74) is 0.709. The number of carbonyl (C=O) groups is 1. The average molecular weight is 434 g/mol. The van der Waals surface area contributed by atoms with Crippen molar-refractivity contribution in [2.75, 3.05) is 24.0 Å². The van der Waals surface area contributed by atoms with Gasteiger partial charge in [0.1, 0.15) is 19.1 Å². The second-order valence-electron chi connectivity index (χ2n) is 7.36. The summed E-state index contributed by atoms with van der Waals surface area (Å²) in [4.78, 5) is 23.0. The number of imidazole rings is 1. The highest BCUT2D eigenvalue weighted by Crippen LogP contribution is 2.33. The van der Waals surface area contributed by atoms with Crippen LogP contribution in [0.15, 0.2) is 42.4 Å². The van der Waals surface area contributed by atoms with Gasteiger partial charge in [-0.3, -0.25) is 4.79 Å². The minimum absolute atomic E-state index is 0.00529. The lowest BCUT2D eigenvalue weighted by molar-refractivity contribution is -0.116. The Kier molecular flexibility index (Phi) is 5.44. The van der Waals surface area contributed by atoms with Crippen molar-refractivity contribution >= 4 is 23.1 Å². The number of alkyl halides is 3. The molecule has 0 aromatic carbocycles. The molecule has 31 heavy (non-hydrogen) atoms. The third-order valence-corrected chi connectivity index (χ3v) is 5.03. The molecule has 164 valence electrons. The highest BCUT2D eigenvalue weighted by Gasteiger charge is 2.38. The summed E-state index contributed by atoms with van der Waals surface area (Å²) in [6.07, 6.45) is -0.312. The molecule has 0 radical (unpaired) electrons. The van der Waals surface area contributed by atoms with Gasteiger partial charge in [-0.1, -0.05) is 6.07 Å². The number of allylic oxidation sites excluding steroid dienone is 2. The van der Waals surface area contributed by atoms with Gasteiger partial charge >= 0.3 is 6.18 Å². The Bertz CT molecular complexity index is 1060. The van der Waals surface area contributed by atoms with Crippen LogP contribution in [0.4, 0.5) is 24.8 Å². The SMILES string of the molecule is CC1NC=C(c2cccc(NC(=O)Cn3cnc4c3COCN4C)n2)C=C1C(F)(F)F. The standard InChI is InChI=1S/C20H21F3N6O2/c1-12-14(20(21,22)23)6-13(7-24-12)15-4-3-5-17(26-15)27-18(30)8-29-10-25-19-16(29)9-31-11-28(19)2/h3-7,10,12,24H,8-9,11H2,1-2H3,(H,26,27,30). The van der Waals surface area contributed by atoms with E-state index in [4.69, 9.17) is 4.74 Å². The van der Waals surface area contributed by atoms with E-state index in [0.717, 1.165) is 17.6 Å². The van der Waals surface area contributed by atoms with Gasteiger partial charge in [-0.05, 0) is 25.1 Å². The van der Waals surface area contributed by atoms with E-state index in [1.807, 2.05) is 11.9 Å². The van der Waals surface area contributed by atoms with E-state index in [-0.39, 0.29) is 23.8 Å². The summed E-state index contributed by atoms with van der Waals surface area (Å²) in [6.45, 7) is 2.23. The van der Waals surface area contributed by atoms with Crippen molar-refractivity contribution in [1.29, 1.82) is 0 Å². The number of pyridine rings is 1. The van der Waals surface area contributed by atoms with Crippen LogP contribution in [0, 0.1) is 0 Å². The van der Waals surface area contributed by atoms with Crippen LogP contribution in [0.2, 0.25) is 0 Å². The molecule has 1 unspecified atom stereocenters. The monoisotopic (exact) mass is 434 g/mol. The van der Waals surface area contributed by atoms with Crippen LogP contribution in [-0.4, -0.2) is 46.4 Å². The zero-order valence-electron chi connectivity index (χ0n) is 16.9. The summed E-state index contributed by atoms with van der Waals surface area (Å²) >= 11 is 0. The Morgan fingerprint density at radius 2 is 2.19 bits per heavy atom. The van der Waals surface area contributed by atoms with Crippen molar-refractivity contribution in [3.05, 3.63) is 53.8 Å². The topological polar surface area (TPSA) is 84.3 Å². The molecule has 2 aliphatic heterocycles. The number of amides is 1. The molecule has 2 aliphatic rings. The maximum Gasteiger partial charge on any atom is 0.414 e. The smallest absolute Gasteiger partial charge is 0.384 e. The summed E-state index contributed by atoms with van der Waals surface area (Å²) in [6, 6.07) is 3.94. The van der Waals surface area contributed by atoms with Crippen molar-refractivity contribution in [2.24, 2.45) is 0 Å². The molecule has 0 saturated heterocycles. The van der Waals surface area contributed by atoms with E-state index in [1.54, 1.807) is 29.1 Å². The fraction of sp³-hybridized carbons (Fsp3) is 0.350. The third-order valence-electron chi connectivity index (χ3n) is 5.03. The molecular weight excluding hydrogens is 413 g/mol. The molecule has 2 N–H and O–H groups in total. The number of hydrogen-bond donors (Lipinski definition) is 2. The number of hydrogen-bond acceptors (Lipinski definition) is 6. The van der Waals surface area contributed by atoms with Crippen molar-refractivity contribution in [3.63, 3.8) is 0 Å². The number of dihydropyridines is 1. The van der Waals surface area contributed by atoms with E-state index >= 15 is 0 Å². The van der Waals surface area contributed by atoms with Crippen LogP contribution in [0.1, 0.15) is 18.3 Å². The number of rotatable bonds is 4. The second kappa shape index (κ2) is 8.06. The van der Waals surface area contributed by atoms with E-state index < -0.39 is 17.8 Å². The zero-order valence-corrected chi connectivity index (χ0v) is 16.9. The van der Waals surface area contributed by atoms with E-state index in [1.165, 1.54) is 13.1 Å². The number of nitrogens with zero attached hydrogens (tertiary/aromatic N) is 4. The van der Waals surface area contributed by atoms with E-state index in [0.29, 0.717) is 19.0 Å². The number of nitrogens with one attached hydrogen (secondary N) is 2. The van der Waals surface area contributed by atoms with Gasteiger partial charge in [0, 0.05) is 18.8 Å². The van der Waals surface area contributed by atoms with Gasteiger partial charge in [-0.25, -0.2) is 9.97 Å². The van der Waals surface area contributed by atoms with Crippen LogP contribution in [-0.2, 0) is 22.7 Å². The Hall–Kier alpha value is -3.34. The lowest BCUT2D eigenvalue weighted by Gasteiger charge is -2.24. The Morgan fingerprint density at radius 1 is 1.39 bits per heavy atom. The largest absolute Gasteiger partial charge is 0.414 e. The maximum atomic E-state index is 13.2. The minimum Gasteiger partial charge on any atom is -0.384 e. The quantitative estimate of drug-likeness (QED) is 0.770. The predicted octanol–water partition coefficient (Wildman–Crippen LogP) is 2.66. The number of ether oxygens (including phenoxy) is 1. The number of halogens is 3. The third kappa shape index (κ3) is 4.41. The fourth-order valence-electron chi connectivity index (χ4n) is 3.46. The fourth-order valence-corrected chi connectivity index (χ4v) is 3.46. The molecule has 4 rings (SSSR count). The van der Waals surface area contributed by atoms with Crippen LogP contribution >= 0.6 is 0 Å². The minimum atomic E-state index is -4.44. The summed E-state index contributed by atoms with van der Waals surface area (Å²) in [7, 11) is 1.85. The predicted molar refractivity (Wildman–Crippen MR) is 108 cm³/mol. The molecule has 2 aromatic heterocycles. The van der Waals surface area contributed by atoms with Gasteiger partial charge in [0.25, 0.3) is 0 Å². The molecule has 0 fully saturated rings. The molecule has 4 heterocycles. The van der Waals surface area contributed by atoms with Crippen LogP contribution in [0.25, 0.3) is 5.57 Å². The zero-order chi connectivity index (χ0) is 22.2. The molecule has 0 bridgehead atoms. The second-order valence-corrected chi connectivity index (χ2v) is 7.36. The van der Waals surface area contributed by atoms with E-state index in [2.05, 4.69) is 20.6 Å². The molecule has 0 spiro atoms. The lowest BCUT2D eigenvalue weighted by atomic mass is 10.00. The molecular formula is C20H21F3N6O2. The lowest BCUT2D eigenvalue weighted by Crippen LogP contribution is -2.33. The van der Waals surface area contributed by atoms with Crippen molar-refractivity contribution in [1.82, 2.24) is 19.9 Å². The molecule has 0 saturated carbocycles. The number of anilines is 2. The molecule has 11 heteroatoms. The summed E-state index contributed by atoms with van der Waals surface area (Å²) in [5.74, 6) is 0.665. The van der Waals surface area contributed by atoms with Crippen LogP contribution < -0.4 is 15.5 Å². The summed E-state index contributed by atoms with van der Waals surface area (Å²) < 4.78 is 46.8.